The first-order chi connectivity index (χ1) is 7.51. The van der Waals surface area contributed by atoms with E-state index in [-0.39, 0.29) is 24.0 Å². The summed E-state index contributed by atoms with van der Waals surface area (Å²) < 4.78 is 10.2. The number of carbonyl (C=O) groups is 2. The average molecular weight is 230 g/mol. The maximum absolute atomic E-state index is 11.0. The van der Waals surface area contributed by atoms with Crippen molar-refractivity contribution in [2.45, 2.75) is 53.1 Å². The lowest BCUT2D eigenvalue weighted by Crippen LogP contribution is -2.29. The van der Waals surface area contributed by atoms with Gasteiger partial charge >= 0.3 is 11.9 Å². The highest BCUT2D eigenvalue weighted by atomic mass is 16.6. The van der Waals surface area contributed by atoms with E-state index >= 15 is 0 Å². The van der Waals surface area contributed by atoms with Gasteiger partial charge in [0.05, 0.1) is 6.61 Å². The predicted molar refractivity (Wildman–Crippen MR) is 60.9 cm³/mol. The average Bonchev–Trinajstić information content (AvgIpc) is 2.17. The highest BCUT2D eigenvalue weighted by molar-refractivity contribution is 5.66. The molecule has 0 saturated carbocycles. The standard InChI is InChI=1S/C12H22O4/c1-5-7-12(16-10(4)14)11(6-2)8-15-9(3)13/h11-12H,5-8H2,1-4H3. The first kappa shape index (κ1) is 14.9. The second kappa shape index (κ2) is 8.13. The molecule has 0 aliphatic heterocycles. The molecule has 0 bridgehead atoms. The summed E-state index contributed by atoms with van der Waals surface area (Å²) >= 11 is 0. The molecule has 0 fully saturated rings. The Kier molecular flexibility index (Phi) is 7.60. The van der Waals surface area contributed by atoms with Gasteiger partial charge in [-0.1, -0.05) is 20.3 Å². The zero-order valence-corrected chi connectivity index (χ0v) is 10.6. The zero-order chi connectivity index (χ0) is 12.6. The lowest BCUT2D eigenvalue weighted by molar-refractivity contribution is -0.153. The van der Waals surface area contributed by atoms with Crippen LogP contribution >= 0.6 is 0 Å². The number of esters is 2. The molecule has 16 heavy (non-hydrogen) atoms. The van der Waals surface area contributed by atoms with Crippen molar-refractivity contribution in [1.82, 2.24) is 0 Å². The lowest BCUT2D eigenvalue weighted by Gasteiger charge is -2.25. The van der Waals surface area contributed by atoms with Gasteiger partial charge in [0, 0.05) is 19.8 Å². The summed E-state index contributed by atoms with van der Waals surface area (Å²) in [5.74, 6) is -0.482. The minimum atomic E-state index is -0.295. The van der Waals surface area contributed by atoms with Gasteiger partial charge in [-0.25, -0.2) is 0 Å². The maximum atomic E-state index is 11.0. The predicted octanol–water partition coefficient (Wildman–Crippen LogP) is 2.31. The Morgan fingerprint density at radius 3 is 2.12 bits per heavy atom. The summed E-state index contributed by atoms with van der Waals surface area (Å²) in [6, 6.07) is 0. The van der Waals surface area contributed by atoms with Crippen LogP contribution in [0, 0.1) is 5.92 Å². The van der Waals surface area contributed by atoms with Crippen LogP contribution in [0.4, 0.5) is 0 Å². The highest BCUT2D eigenvalue weighted by Gasteiger charge is 2.23. The third-order valence-corrected chi connectivity index (χ3v) is 2.44. The van der Waals surface area contributed by atoms with Crippen LogP contribution in [0.2, 0.25) is 0 Å². The van der Waals surface area contributed by atoms with E-state index in [4.69, 9.17) is 9.47 Å². The summed E-state index contributed by atoms with van der Waals surface area (Å²) in [5, 5.41) is 0. The molecule has 4 nitrogen and oxygen atoms in total. The molecule has 0 aromatic heterocycles. The molecular weight excluding hydrogens is 208 g/mol. The van der Waals surface area contributed by atoms with Crippen LogP contribution in [0.15, 0.2) is 0 Å². The monoisotopic (exact) mass is 230 g/mol. The molecule has 0 aromatic carbocycles. The molecule has 0 rings (SSSR count). The smallest absolute Gasteiger partial charge is 0.302 e. The number of hydrogen-bond donors (Lipinski definition) is 0. The van der Waals surface area contributed by atoms with Crippen molar-refractivity contribution in [3.63, 3.8) is 0 Å². The van der Waals surface area contributed by atoms with E-state index in [9.17, 15) is 9.59 Å². The fourth-order valence-corrected chi connectivity index (χ4v) is 1.60. The Balaban J connectivity index is 4.31. The van der Waals surface area contributed by atoms with Crippen molar-refractivity contribution in [2.75, 3.05) is 6.61 Å². The van der Waals surface area contributed by atoms with E-state index in [0.717, 1.165) is 19.3 Å². The largest absolute Gasteiger partial charge is 0.465 e. The molecule has 0 aliphatic carbocycles. The first-order valence-electron chi connectivity index (χ1n) is 5.81. The molecule has 0 aliphatic rings. The molecule has 2 atom stereocenters. The van der Waals surface area contributed by atoms with Gasteiger partial charge in [0.1, 0.15) is 6.10 Å². The molecular formula is C12H22O4. The van der Waals surface area contributed by atoms with Crippen molar-refractivity contribution in [2.24, 2.45) is 5.92 Å². The summed E-state index contributed by atoms with van der Waals surface area (Å²) in [6.07, 6.45) is 2.42. The first-order valence-corrected chi connectivity index (χ1v) is 5.81. The van der Waals surface area contributed by atoms with Gasteiger partial charge in [-0.2, -0.15) is 0 Å². The minimum Gasteiger partial charge on any atom is -0.465 e. The maximum Gasteiger partial charge on any atom is 0.302 e. The topological polar surface area (TPSA) is 52.6 Å². The number of hydrogen-bond acceptors (Lipinski definition) is 4. The van der Waals surface area contributed by atoms with Gasteiger partial charge in [0.2, 0.25) is 0 Å². The molecule has 0 saturated heterocycles. The lowest BCUT2D eigenvalue weighted by atomic mass is 9.96. The van der Waals surface area contributed by atoms with Crippen LogP contribution in [-0.4, -0.2) is 24.6 Å². The summed E-state index contributed by atoms with van der Waals surface area (Å²) in [7, 11) is 0. The van der Waals surface area contributed by atoms with Gasteiger partial charge in [-0.05, 0) is 12.8 Å². The fourth-order valence-electron chi connectivity index (χ4n) is 1.60. The molecule has 2 unspecified atom stereocenters. The third kappa shape index (κ3) is 6.43. The SMILES string of the molecule is CCCC(OC(C)=O)C(CC)COC(C)=O. The molecule has 94 valence electrons. The minimum absolute atomic E-state index is 0.0905. The van der Waals surface area contributed by atoms with Crippen molar-refractivity contribution in [1.29, 1.82) is 0 Å². The van der Waals surface area contributed by atoms with E-state index in [1.165, 1.54) is 13.8 Å². The van der Waals surface area contributed by atoms with Gasteiger partial charge in [-0.3, -0.25) is 9.59 Å². The van der Waals surface area contributed by atoms with Crippen molar-refractivity contribution in [3.8, 4) is 0 Å². The van der Waals surface area contributed by atoms with Crippen LogP contribution in [0.3, 0.4) is 0 Å². The molecule has 0 spiro atoms. The normalized spacial score (nSPS) is 14.0. The Bertz CT molecular complexity index is 225. The van der Waals surface area contributed by atoms with E-state index in [1.54, 1.807) is 0 Å². The Morgan fingerprint density at radius 1 is 1.12 bits per heavy atom. The van der Waals surface area contributed by atoms with Crippen molar-refractivity contribution >= 4 is 11.9 Å². The zero-order valence-electron chi connectivity index (χ0n) is 10.6. The highest BCUT2D eigenvalue weighted by Crippen LogP contribution is 2.18. The van der Waals surface area contributed by atoms with Crippen LogP contribution in [-0.2, 0) is 19.1 Å². The van der Waals surface area contributed by atoms with Gasteiger partial charge in [0.25, 0.3) is 0 Å². The van der Waals surface area contributed by atoms with Crippen LogP contribution in [0.25, 0.3) is 0 Å². The van der Waals surface area contributed by atoms with E-state index < -0.39 is 0 Å². The second-order valence-electron chi connectivity index (χ2n) is 3.91. The molecule has 0 heterocycles. The van der Waals surface area contributed by atoms with E-state index in [1.807, 2.05) is 13.8 Å². The van der Waals surface area contributed by atoms with E-state index in [0.29, 0.717) is 6.61 Å². The molecule has 0 aromatic rings. The fraction of sp³-hybridized carbons (Fsp3) is 0.833. The summed E-state index contributed by atoms with van der Waals surface area (Å²) in [5.41, 5.74) is 0. The van der Waals surface area contributed by atoms with E-state index in [2.05, 4.69) is 0 Å². The van der Waals surface area contributed by atoms with Crippen LogP contribution in [0.1, 0.15) is 47.0 Å². The van der Waals surface area contributed by atoms with Crippen molar-refractivity contribution < 1.29 is 19.1 Å². The van der Waals surface area contributed by atoms with Crippen LogP contribution in [0.5, 0.6) is 0 Å². The van der Waals surface area contributed by atoms with Crippen molar-refractivity contribution in [3.05, 3.63) is 0 Å². The Labute approximate surface area is 97.3 Å². The number of ether oxygens (including phenoxy) is 2. The second-order valence-corrected chi connectivity index (χ2v) is 3.91. The number of carbonyl (C=O) groups excluding carboxylic acids is 2. The number of rotatable bonds is 7. The Morgan fingerprint density at radius 2 is 1.75 bits per heavy atom. The summed E-state index contributed by atoms with van der Waals surface area (Å²) in [6.45, 7) is 7.15. The van der Waals surface area contributed by atoms with Gasteiger partial charge < -0.3 is 9.47 Å². The molecule has 0 N–H and O–H groups in total. The quantitative estimate of drug-likeness (QED) is 0.630. The Hall–Kier alpha value is -1.06. The van der Waals surface area contributed by atoms with Crippen LogP contribution < -0.4 is 0 Å². The van der Waals surface area contributed by atoms with Gasteiger partial charge in [-0.15, -0.1) is 0 Å². The molecule has 4 heteroatoms. The third-order valence-electron chi connectivity index (χ3n) is 2.44. The summed E-state index contributed by atoms with van der Waals surface area (Å²) in [4.78, 5) is 21.7. The van der Waals surface area contributed by atoms with Gasteiger partial charge in [0.15, 0.2) is 0 Å². The molecule has 0 radical (unpaired) electrons. The molecule has 0 amide bonds.